The fourth-order valence-corrected chi connectivity index (χ4v) is 7.82. The SMILES string of the molecule is CCC(=O)/C=C/c1ccc2c(c1O)C(=O)C1=C(O)[C@@]3(O)C(=O)C(C(C)=O)=C(O)C(C(C)C)[C@@]3(C)[C@H](C)[C@@]1(C)[C@@H]2C. The van der Waals surface area contributed by atoms with Crippen molar-refractivity contribution in [3.63, 3.8) is 0 Å². The molecule has 4 rings (SSSR count). The van der Waals surface area contributed by atoms with Gasteiger partial charge in [0.05, 0.1) is 5.56 Å². The van der Waals surface area contributed by atoms with E-state index in [1.807, 2.05) is 6.92 Å². The minimum Gasteiger partial charge on any atom is -0.511 e. The van der Waals surface area contributed by atoms with Crippen LogP contribution in [0.4, 0.5) is 0 Å². The van der Waals surface area contributed by atoms with Gasteiger partial charge in [-0.2, -0.15) is 0 Å². The first kappa shape index (κ1) is 29.5. The molecule has 8 nitrogen and oxygen atoms in total. The highest BCUT2D eigenvalue weighted by atomic mass is 16.3. The van der Waals surface area contributed by atoms with E-state index in [1.165, 1.54) is 12.2 Å². The summed E-state index contributed by atoms with van der Waals surface area (Å²) in [5.74, 6) is -6.90. The van der Waals surface area contributed by atoms with Gasteiger partial charge in [0.15, 0.2) is 23.0 Å². The van der Waals surface area contributed by atoms with Gasteiger partial charge in [0, 0.05) is 34.3 Å². The van der Waals surface area contributed by atoms with Gasteiger partial charge in [0.25, 0.3) is 0 Å². The maximum atomic E-state index is 14.2. The van der Waals surface area contributed by atoms with Crippen LogP contribution in [-0.2, 0) is 14.4 Å². The minimum atomic E-state index is -2.68. The Balaban J connectivity index is 2.09. The van der Waals surface area contributed by atoms with Crippen molar-refractivity contribution in [3.8, 4) is 5.75 Å². The maximum Gasteiger partial charge on any atom is 0.209 e. The molecule has 0 heterocycles. The molecule has 0 radical (unpaired) electrons. The van der Waals surface area contributed by atoms with Crippen molar-refractivity contribution < 1.29 is 39.6 Å². The second kappa shape index (κ2) is 9.26. The van der Waals surface area contributed by atoms with Crippen LogP contribution in [0.15, 0.2) is 40.9 Å². The molecule has 1 aromatic carbocycles. The van der Waals surface area contributed by atoms with E-state index < -0.39 is 68.6 Å². The Morgan fingerprint density at radius 3 is 2.20 bits per heavy atom. The molecule has 1 aromatic rings. The number of rotatable bonds is 5. The molecule has 3 aliphatic rings. The summed E-state index contributed by atoms with van der Waals surface area (Å²) >= 11 is 0. The number of ketones is 4. The Bertz CT molecular complexity index is 1460. The molecular weight excluding hydrogens is 512 g/mol. The van der Waals surface area contributed by atoms with E-state index >= 15 is 0 Å². The Labute approximate surface area is 234 Å². The lowest BCUT2D eigenvalue weighted by molar-refractivity contribution is -0.189. The molecule has 0 spiro atoms. The molecule has 0 aliphatic heterocycles. The lowest BCUT2D eigenvalue weighted by Gasteiger charge is -2.64. The second-order valence-electron chi connectivity index (χ2n) is 12.3. The van der Waals surface area contributed by atoms with Gasteiger partial charge in [-0.1, -0.05) is 60.6 Å². The summed E-state index contributed by atoms with van der Waals surface area (Å²) in [5.41, 5.74) is -5.45. The third-order valence-electron chi connectivity index (χ3n) is 10.3. The molecular formula is C32H38O8. The second-order valence-corrected chi connectivity index (χ2v) is 12.3. The Morgan fingerprint density at radius 1 is 1.07 bits per heavy atom. The maximum absolute atomic E-state index is 14.2. The monoisotopic (exact) mass is 550 g/mol. The van der Waals surface area contributed by atoms with Crippen LogP contribution in [0.3, 0.4) is 0 Å². The van der Waals surface area contributed by atoms with Crippen molar-refractivity contribution in [3.05, 3.63) is 57.6 Å². The zero-order chi connectivity index (χ0) is 30.3. The van der Waals surface area contributed by atoms with E-state index in [0.717, 1.165) is 6.92 Å². The average Bonchev–Trinajstić information content (AvgIpc) is 2.87. The van der Waals surface area contributed by atoms with Gasteiger partial charge in [0.1, 0.15) is 22.8 Å². The van der Waals surface area contributed by atoms with Crippen molar-refractivity contribution in [2.45, 2.75) is 73.3 Å². The van der Waals surface area contributed by atoms with E-state index in [2.05, 4.69) is 0 Å². The summed E-state index contributed by atoms with van der Waals surface area (Å²) in [7, 11) is 0. The molecule has 40 heavy (non-hydrogen) atoms. The first-order valence-electron chi connectivity index (χ1n) is 13.7. The number of hydrogen-bond donors (Lipinski definition) is 4. The molecule has 0 bridgehead atoms. The molecule has 4 N–H and O–H groups in total. The first-order valence-corrected chi connectivity index (χ1v) is 13.7. The normalized spacial score (nSPS) is 33.8. The van der Waals surface area contributed by atoms with E-state index in [1.54, 1.807) is 53.7 Å². The minimum absolute atomic E-state index is 0.0779. The van der Waals surface area contributed by atoms with Crippen LogP contribution in [0.1, 0.15) is 89.2 Å². The molecule has 0 fully saturated rings. The fourth-order valence-electron chi connectivity index (χ4n) is 7.82. The predicted molar refractivity (Wildman–Crippen MR) is 149 cm³/mol. The van der Waals surface area contributed by atoms with E-state index in [0.29, 0.717) is 5.56 Å². The van der Waals surface area contributed by atoms with Gasteiger partial charge >= 0.3 is 0 Å². The number of aliphatic hydroxyl groups excluding tert-OH is 2. The molecule has 214 valence electrons. The third-order valence-corrected chi connectivity index (χ3v) is 10.3. The number of fused-ring (bicyclic) bond motifs is 3. The van der Waals surface area contributed by atoms with Crippen molar-refractivity contribution in [1.82, 2.24) is 0 Å². The van der Waals surface area contributed by atoms with Crippen LogP contribution in [0.25, 0.3) is 6.08 Å². The molecule has 6 atom stereocenters. The number of benzene rings is 1. The van der Waals surface area contributed by atoms with Crippen molar-refractivity contribution in [2.75, 3.05) is 0 Å². The number of phenols is 1. The summed E-state index contributed by atoms with van der Waals surface area (Å²) in [4.78, 5) is 52.5. The number of allylic oxidation sites excluding steroid dienone is 3. The Hall–Kier alpha value is -3.52. The van der Waals surface area contributed by atoms with E-state index in [4.69, 9.17) is 0 Å². The summed E-state index contributed by atoms with van der Waals surface area (Å²) in [6.07, 6.45) is 3.00. The molecule has 3 aliphatic carbocycles. The smallest absolute Gasteiger partial charge is 0.209 e. The van der Waals surface area contributed by atoms with Gasteiger partial charge in [-0.3, -0.25) is 19.2 Å². The van der Waals surface area contributed by atoms with Crippen LogP contribution < -0.4 is 0 Å². The Kier molecular flexibility index (Phi) is 6.82. The number of Topliss-reactive ketones (excluding diaryl/α,β-unsaturated/α-hetero) is 3. The van der Waals surface area contributed by atoms with Gasteiger partial charge in [-0.15, -0.1) is 0 Å². The number of carbonyl (C=O) groups is 4. The fraction of sp³-hybridized carbons (Fsp3) is 0.500. The zero-order valence-electron chi connectivity index (χ0n) is 24.2. The standard InChI is InChI=1S/C32H38O8/c1-9-19(34)12-10-18-11-13-20-15(4)30(7)17(6)31(8)23(14(2)3)26(36)21(16(5)33)28(38)32(31,40)29(39)24(30)27(37)22(20)25(18)35/h10-15,17,23,35-36,39-40H,9H2,1-8H3/b12-10+/t15-,17-,23?,30-,31-,32+/m1/s1. The van der Waals surface area contributed by atoms with Gasteiger partial charge in [-0.05, 0) is 42.4 Å². The van der Waals surface area contributed by atoms with Crippen LogP contribution in [0.2, 0.25) is 0 Å². The predicted octanol–water partition coefficient (Wildman–Crippen LogP) is 5.15. The summed E-state index contributed by atoms with van der Waals surface area (Å²) in [5, 5.41) is 46.7. The van der Waals surface area contributed by atoms with Crippen molar-refractivity contribution in [2.24, 2.45) is 28.6 Å². The van der Waals surface area contributed by atoms with Gasteiger partial charge in [0.2, 0.25) is 5.78 Å². The highest BCUT2D eigenvalue weighted by Crippen LogP contribution is 2.70. The summed E-state index contributed by atoms with van der Waals surface area (Å²) in [6, 6.07) is 3.33. The summed E-state index contributed by atoms with van der Waals surface area (Å²) < 4.78 is 0. The van der Waals surface area contributed by atoms with Crippen LogP contribution in [0.5, 0.6) is 5.75 Å². The molecule has 0 saturated carbocycles. The quantitative estimate of drug-likeness (QED) is 0.291. The van der Waals surface area contributed by atoms with Crippen LogP contribution >= 0.6 is 0 Å². The molecule has 0 aromatic heterocycles. The van der Waals surface area contributed by atoms with E-state index in [9.17, 15) is 39.6 Å². The lowest BCUT2D eigenvalue weighted by atomic mass is 9.39. The van der Waals surface area contributed by atoms with E-state index in [-0.39, 0.29) is 40.6 Å². The third kappa shape index (κ3) is 3.35. The number of aromatic hydroxyl groups is 1. The van der Waals surface area contributed by atoms with Gasteiger partial charge in [-0.25, -0.2) is 0 Å². The lowest BCUT2D eigenvalue weighted by Crippen LogP contribution is -2.71. The highest BCUT2D eigenvalue weighted by Gasteiger charge is 2.74. The molecule has 8 heteroatoms. The first-order chi connectivity index (χ1) is 18.4. The molecule has 0 saturated heterocycles. The molecule has 1 unspecified atom stereocenters. The summed E-state index contributed by atoms with van der Waals surface area (Å²) in [6.45, 7) is 13.4. The number of hydrogen-bond acceptors (Lipinski definition) is 8. The zero-order valence-corrected chi connectivity index (χ0v) is 24.2. The number of phenolic OH excluding ortho intramolecular Hbond substituents is 1. The van der Waals surface area contributed by atoms with Crippen molar-refractivity contribution >= 4 is 29.2 Å². The Morgan fingerprint density at radius 2 is 1.68 bits per heavy atom. The highest BCUT2D eigenvalue weighted by molar-refractivity contribution is 6.25. The number of aliphatic hydroxyl groups is 3. The molecule has 0 amide bonds. The number of carbonyl (C=O) groups excluding carboxylic acids is 4. The van der Waals surface area contributed by atoms with Crippen LogP contribution in [-0.4, -0.2) is 49.2 Å². The van der Waals surface area contributed by atoms with Crippen LogP contribution in [0, 0.1) is 28.6 Å². The van der Waals surface area contributed by atoms with Gasteiger partial charge < -0.3 is 20.4 Å². The van der Waals surface area contributed by atoms with Crippen molar-refractivity contribution in [1.29, 1.82) is 0 Å². The largest absolute Gasteiger partial charge is 0.511 e. The topological polar surface area (TPSA) is 149 Å². The average molecular weight is 551 g/mol.